The minimum atomic E-state index is -0.891. The Kier molecular flexibility index (Phi) is 8.53. The number of allylic oxidation sites excluding steroid dienone is 2. The molecule has 2 unspecified atom stereocenters. The Hall–Kier alpha value is -3.54. The van der Waals surface area contributed by atoms with Crippen molar-refractivity contribution < 1.29 is 33.5 Å². The van der Waals surface area contributed by atoms with Crippen LogP contribution in [0.25, 0.3) is 0 Å². The number of nitrogens with one attached hydrogen (secondary N) is 1. The molecule has 1 fully saturated rings. The lowest BCUT2D eigenvalue weighted by atomic mass is 9.80. The van der Waals surface area contributed by atoms with Gasteiger partial charge in [0, 0.05) is 41.2 Å². The van der Waals surface area contributed by atoms with E-state index in [4.69, 9.17) is 18.9 Å². The van der Waals surface area contributed by atoms with Gasteiger partial charge >= 0.3 is 11.9 Å². The number of esters is 2. The first kappa shape index (κ1) is 28.5. The number of benzene rings is 1. The summed E-state index contributed by atoms with van der Waals surface area (Å²) in [6.07, 6.45) is 1.26. The second-order valence-corrected chi connectivity index (χ2v) is 10.9. The Morgan fingerprint density at radius 3 is 2.54 bits per heavy atom. The molecule has 0 radical (unpaired) electrons. The molecule has 1 aromatic heterocycles. The highest BCUT2D eigenvalue weighted by atomic mass is 32.1. The number of nitrogens with zero attached hydrogens (tertiary/aromatic N) is 1. The molecule has 1 saturated heterocycles. The summed E-state index contributed by atoms with van der Waals surface area (Å²) in [6.45, 7) is 7.87. The van der Waals surface area contributed by atoms with Crippen molar-refractivity contribution in [2.45, 2.75) is 58.3 Å². The predicted octanol–water partition coefficient (Wildman–Crippen LogP) is 4.54. The van der Waals surface area contributed by atoms with Crippen LogP contribution in [0.15, 0.2) is 58.3 Å². The molecular formula is C28H32N2O8S. The number of carbonyl (C=O) groups excluding carboxylic acids is 2. The van der Waals surface area contributed by atoms with Crippen molar-refractivity contribution in [1.82, 2.24) is 5.32 Å². The summed E-state index contributed by atoms with van der Waals surface area (Å²) in [5.74, 6) is -2.71. The third-order valence-electron chi connectivity index (χ3n) is 6.62. The second-order valence-electron chi connectivity index (χ2n) is 9.94. The molecule has 0 saturated carbocycles. The van der Waals surface area contributed by atoms with E-state index >= 15 is 0 Å². The van der Waals surface area contributed by atoms with Crippen LogP contribution in [0.1, 0.15) is 49.6 Å². The van der Waals surface area contributed by atoms with Gasteiger partial charge in [0.05, 0.1) is 48.4 Å². The van der Waals surface area contributed by atoms with Crippen molar-refractivity contribution in [3.8, 4) is 0 Å². The lowest BCUT2D eigenvalue weighted by molar-refractivity contribution is -0.384. The monoisotopic (exact) mass is 556 g/mol. The van der Waals surface area contributed by atoms with Crippen LogP contribution in [0.4, 0.5) is 5.69 Å². The van der Waals surface area contributed by atoms with Gasteiger partial charge in [0.15, 0.2) is 5.79 Å². The van der Waals surface area contributed by atoms with E-state index in [-0.39, 0.29) is 29.5 Å². The van der Waals surface area contributed by atoms with Gasteiger partial charge in [-0.1, -0.05) is 12.1 Å². The summed E-state index contributed by atoms with van der Waals surface area (Å²) in [5, 5.41) is 16.6. The lowest BCUT2D eigenvalue weighted by Gasteiger charge is -2.30. The highest BCUT2D eigenvalue weighted by Gasteiger charge is 2.38. The van der Waals surface area contributed by atoms with E-state index in [1.165, 1.54) is 25.3 Å². The van der Waals surface area contributed by atoms with Crippen molar-refractivity contribution in [2.75, 3.05) is 20.3 Å². The molecule has 208 valence electrons. The Balaban J connectivity index is 1.49. The maximum atomic E-state index is 13.4. The molecule has 0 spiro atoms. The molecule has 4 rings (SSSR count). The first-order chi connectivity index (χ1) is 18.5. The number of thiophene rings is 1. The summed E-state index contributed by atoms with van der Waals surface area (Å²) in [7, 11) is 1.25. The van der Waals surface area contributed by atoms with Gasteiger partial charge in [-0.2, -0.15) is 0 Å². The molecule has 0 aliphatic carbocycles. The molecule has 2 aromatic rings. The molecule has 2 atom stereocenters. The molecular weight excluding hydrogens is 524 g/mol. The highest BCUT2D eigenvalue weighted by Crippen LogP contribution is 2.40. The molecule has 0 amide bonds. The van der Waals surface area contributed by atoms with Gasteiger partial charge in [0.1, 0.15) is 0 Å². The molecule has 39 heavy (non-hydrogen) atoms. The quantitative estimate of drug-likeness (QED) is 0.269. The average molecular weight is 557 g/mol. The van der Waals surface area contributed by atoms with E-state index in [2.05, 4.69) is 16.8 Å². The summed E-state index contributed by atoms with van der Waals surface area (Å²) in [5.41, 5.74) is 2.80. The number of nitro benzene ring substituents is 1. The number of dihydropyridines is 1. The standard InChI is InChI=1S/C28H32N2O8S/c1-16-23(26(31)35-5)25(19-7-6-8-20(13-19)30(33)34)24(17(2)29-16)27(32)36-10-9-22-12-18(15-39-22)11-21-14-37-28(3,4)38-21/h6-8,12-13,15,21,25,29H,9-11,14H2,1-5H3. The number of rotatable bonds is 9. The van der Waals surface area contributed by atoms with Gasteiger partial charge in [0.2, 0.25) is 0 Å². The largest absolute Gasteiger partial charge is 0.466 e. The zero-order valence-corrected chi connectivity index (χ0v) is 23.4. The molecule has 1 aromatic carbocycles. The van der Waals surface area contributed by atoms with Crippen LogP contribution in [0.5, 0.6) is 0 Å². The minimum Gasteiger partial charge on any atom is -0.466 e. The highest BCUT2D eigenvalue weighted by molar-refractivity contribution is 7.10. The average Bonchev–Trinajstić information content (AvgIpc) is 3.47. The van der Waals surface area contributed by atoms with Crippen molar-refractivity contribution >= 4 is 29.0 Å². The number of hydrogen-bond donors (Lipinski definition) is 1. The Bertz CT molecular complexity index is 1340. The van der Waals surface area contributed by atoms with Crippen molar-refractivity contribution in [3.63, 3.8) is 0 Å². The number of methoxy groups -OCH3 is 1. The topological polar surface area (TPSA) is 126 Å². The van der Waals surface area contributed by atoms with E-state index in [0.717, 1.165) is 16.9 Å². The van der Waals surface area contributed by atoms with Crippen molar-refractivity contribution in [1.29, 1.82) is 0 Å². The van der Waals surface area contributed by atoms with Crippen LogP contribution in [-0.4, -0.2) is 49.1 Å². The third-order valence-corrected chi connectivity index (χ3v) is 7.67. The minimum absolute atomic E-state index is 0.000235. The Morgan fingerprint density at radius 2 is 1.90 bits per heavy atom. The van der Waals surface area contributed by atoms with E-state index in [0.29, 0.717) is 30.0 Å². The SMILES string of the molecule is COC(=O)C1=C(C)NC(C)=C(C(=O)OCCc2cc(CC3COC(C)(C)O3)cs2)C1c1cccc([N+](=O)[O-])c1. The fourth-order valence-electron chi connectivity index (χ4n) is 4.91. The Labute approximate surface area is 230 Å². The van der Waals surface area contributed by atoms with Gasteiger partial charge in [-0.05, 0) is 50.3 Å². The molecule has 10 nitrogen and oxygen atoms in total. The van der Waals surface area contributed by atoms with E-state index < -0.39 is 28.6 Å². The van der Waals surface area contributed by atoms with E-state index in [9.17, 15) is 19.7 Å². The van der Waals surface area contributed by atoms with Gasteiger partial charge in [0.25, 0.3) is 5.69 Å². The first-order valence-corrected chi connectivity index (χ1v) is 13.4. The smallest absolute Gasteiger partial charge is 0.336 e. The predicted molar refractivity (Wildman–Crippen MR) is 144 cm³/mol. The summed E-state index contributed by atoms with van der Waals surface area (Å²) >= 11 is 1.59. The number of ether oxygens (including phenoxy) is 4. The van der Waals surface area contributed by atoms with Crippen LogP contribution >= 0.6 is 11.3 Å². The van der Waals surface area contributed by atoms with Gasteiger partial charge in [-0.3, -0.25) is 10.1 Å². The van der Waals surface area contributed by atoms with Gasteiger partial charge in [-0.25, -0.2) is 9.59 Å². The fraction of sp³-hybridized carbons (Fsp3) is 0.429. The molecule has 2 aliphatic rings. The molecule has 11 heteroatoms. The molecule has 1 N–H and O–H groups in total. The second kappa shape index (κ2) is 11.7. The fourth-order valence-corrected chi connectivity index (χ4v) is 5.80. The number of hydrogen-bond acceptors (Lipinski definition) is 10. The molecule has 0 bridgehead atoms. The maximum Gasteiger partial charge on any atom is 0.336 e. The lowest BCUT2D eigenvalue weighted by Crippen LogP contribution is -2.32. The van der Waals surface area contributed by atoms with Crippen LogP contribution in [0.2, 0.25) is 0 Å². The number of non-ortho nitro benzene ring substituents is 1. The molecule has 3 heterocycles. The first-order valence-electron chi connectivity index (χ1n) is 12.6. The van der Waals surface area contributed by atoms with Crippen LogP contribution in [0, 0.1) is 10.1 Å². The summed E-state index contributed by atoms with van der Waals surface area (Å²) < 4.78 is 22.2. The van der Waals surface area contributed by atoms with Crippen LogP contribution in [-0.2, 0) is 41.4 Å². The Morgan fingerprint density at radius 1 is 1.18 bits per heavy atom. The van der Waals surface area contributed by atoms with Gasteiger partial charge in [-0.15, -0.1) is 11.3 Å². The maximum absolute atomic E-state index is 13.4. The summed E-state index contributed by atoms with van der Waals surface area (Å²) in [4.78, 5) is 38.1. The number of carbonyl (C=O) groups is 2. The zero-order chi connectivity index (χ0) is 28.3. The zero-order valence-electron chi connectivity index (χ0n) is 22.6. The van der Waals surface area contributed by atoms with E-state index in [1.54, 1.807) is 31.3 Å². The van der Waals surface area contributed by atoms with Crippen LogP contribution < -0.4 is 5.32 Å². The van der Waals surface area contributed by atoms with Crippen molar-refractivity contribution in [3.05, 3.63) is 84.4 Å². The normalized spacial score (nSPS) is 20.5. The third kappa shape index (κ3) is 6.55. The van der Waals surface area contributed by atoms with Crippen molar-refractivity contribution in [2.24, 2.45) is 0 Å². The summed E-state index contributed by atoms with van der Waals surface area (Å²) in [6, 6.07) is 7.96. The molecule has 2 aliphatic heterocycles. The van der Waals surface area contributed by atoms with E-state index in [1.807, 2.05) is 13.8 Å². The van der Waals surface area contributed by atoms with Gasteiger partial charge < -0.3 is 24.3 Å². The van der Waals surface area contributed by atoms with Crippen LogP contribution in [0.3, 0.4) is 0 Å². The number of nitro groups is 1.